The second-order valence-electron chi connectivity index (χ2n) is 6.54. The van der Waals surface area contributed by atoms with E-state index in [1.54, 1.807) is 23.4 Å². The summed E-state index contributed by atoms with van der Waals surface area (Å²) in [6, 6.07) is 5.66. The molecule has 0 saturated carbocycles. The lowest BCUT2D eigenvalue weighted by Crippen LogP contribution is -2.48. The molecule has 26 heavy (non-hydrogen) atoms. The molecule has 0 spiro atoms. The van der Waals surface area contributed by atoms with Gasteiger partial charge in [-0.3, -0.25) is 4.79 Å². The van der Waals surface area contributed by atoms with Gasteiger partial charge in [-0.25, -0.2) is 15.0 Å². The van der Waals surface area contributed by atoms with E-state index in [0.717, 1.165) is 36.1 Å². The molecule has 1 aromatic carbocycles. The van der Waals surface area contributed by atoms with Gasteiger partial charge in [0.15, 0.2) is 0 Å². The zero-order valence-electron chi connectivity index (χ0n) is 14.4. The molecule has 1 saturated heterocycles. The Labute approximate surface area is 156 Å². The third-order valence-corrected chi connectivity index (χ3v) is 4.81. The highest BCUT2D eigenvalue weighted by Crippen LogP contribution is 2.28. The predicted molar refractivity (Wildman–Crippen MR) is 100 cm³/mol. The maximum atomic E-state index is 12.4. The molecule has 0 bridgehead atoms. The minimum atomic E-state index is -0.145. The Hall–Kier alpha value is -2.67. The number of hydrogen-bond donors (Lipinski definition) is 1. The number of hydrogen-bond acceptors (Lipinski definition) is 5. The third-order valence-electron chi connectivity index (χ3n) is 4.57. The predicted octanol–water partition coefficient (Wildman–Crippen LogP) is 2.42. The third kappa shape index (κ3) is 3.35. The zero-order valence-corrected chi connectivity index (χ0v) is 15.1. The number of benzene rings is 1. The Kier molecular flexibility index (Phi) is 4.46. The molecule has 1 atom stereocenters. The number of rotatable bonds is 3. The van der Waals surface area contributed by atoms with Crippen molar-refractivity contribution in [3.05, 3.63) is 47.8 Å². The number of imidazole rings is 1. The highest BCUT2D eigenvalue weighted by atomic mass is 35.5. The number of fused-ring (bicyclic) bond motifs is 1. The van der Waals surface area contributed by atoms with Crippen molar-refractivity contribution in [2.45, 2.75) is 18.9 Å². The summed E-state index contributed by atoms with van der Waals surface area (Å²) in [5.41, 5.74) is 1.29. The van der Waals surface area contributed by atoms with E-state index in [1.807, 2.05) is 25.2 Å². The largest absolute Gasteiger partial charge is 0.354 e. The highest BCUT2D eigenvalue weighted by Gasteiger charge is 2.24. The first kappa shape index (κ1) is 16.8. The van der Waals surface area contributed by atoms with E-state index in [9.17, 15) is 4.79 Å². The summed E-state index contributed by atoms with van der Waals surface area (Å²) in [6.45, 7) is 1.58. The maximum absolute atomic E-state index is 12.4. The molecule has 0 radical (unpaired) electrons. The van der Waals surface area contributed by atoms with Gasteiger partial charge in [0.2, 0.25) is 0 Å². The Bertz CT molecular complexity index is 956. The van der Waals surface area contributed by atoms with Crippen LogP contribution in [0.2, 0.25) is 5.02 Å². The summed E-state index contributed by atoms with van der Waals surface area (Å²) in [5.74, 6) is 0.710. The van der Waals surface area contributed by atoms with Gasteiger partial charge in [-0.2, -0.15) is 0 Å². The topological polar surface area (TPSA) is 75.9 Å². The van der Waals surface area contributed by atoms with Crippen LogP contribution in [-0.4, -0.2) is 44.6 Å². The van der Waals surface area contributed by atoms with Gasteiger partial charge in [-0.05, 0) is 31.0 Å². The highest BCUT2D eigenvalue weighted by molar-refractivity contribution is 6.31. The van der Waals surface area contributed by atoms with Gasteiger partial charge < -0.3 is 14.8 Å². The van der Waals surface area contributed by atoms with Crippen molar-refractivity contribution in [2.75, 3.05) is 18.0 Å². The number of piperidine rings is 1. The van der Waals surface area contributed by atoms with Crippen molar-refractivity contribution in [3.63, 3.8) is 0 Å². The number of amides is 1. The second-order valence-corrected chi connectivity index (χ2v) is 6.98. The number of nitrogens with zero attached hydrogens (tertiary/aromatic N) is 5. The van der Waals surface area contributed by atoms with E-state index >= 15 is 0 Å². The summed E-state index contributed by atoms with van der Waals surface area (Å²) < 4.78 is 1.76. The average Bonchev–Trinajstić information content (AvgIpc) is 3.08. The Morgan fingerprint density at radius 2 is 2.19 bits per heavy atom. The van der Waals surface area contributed by atoms with Crippen molar-refractivity contribution in [3.8, 4) is 0 Å². The lowest BCUT2D eigenvalue weighted by Gasteiger charge is -2.34. The van der Waals surface area contributed by atoms with Crippen LogP contribution in [-0.2, 0) is 7.05 Å². The van der Waals surface area contributed by atoms with E-state index in [0.29, 0.717) is 17.3 Å². The molecule has 134 valence electrons. The summed E-state index contributed by atoms with van der Waals surface area (Å²) in [6.07, 6.45) is 6.81. The first-order valence-corrected chi connectivity index (χ1v) is 8.92. The summed E-state index contributed by atoms with van der Waals surface area (Å²) in [4.78, 5) is 27.5. The SMILES string of the molecule is Cn1cnc(C(=O)NC2CCCN(c3ncnc4ccc(Cl)cc34)C2)c1. The normalized spacial score (nSPS) is 17.5. The molecule has 3 heterocycles. The van der Waals surface area contributed by atoms with E-state index < -0.39 is 0 Å². The summed E-state index contributed by atoms with van der Waals surface area (Å²) in [7, 11) is 1.84. The number of aryl methyl sites for hydroxylation is 1. The van der Waals surface area contributed by atoms with Gasteiger partial charge in [-0.15, -0.1) is 0 Å². The van der Waals surface area contributed by atoms with Crippen molar-refractivity contribution in [1.29, 1.82) is 0 Å². The molecule has 1 unspecified atom stereocenters. The molecular weight excluding hydrogens is 352 g/mol. The molecule has 1 N–H and O–H groups in total. The quantitative estimate of drug-likeness (QED) is 0.766. The van der Waals surface area contributed by atoms with Crippen LogP contribution in [0.5, 0.6) is 0 Å². The molecule has 8 heteroatoms. The standard InChI is InChI=1S/C18H19ClN6O/c1-24-9-16(22-11-24)18(26)23-13-3-2-6-25(8-13)17-14-7-12(19)4-5-15(14)20-10-21-17/h4-5,7,9-11,13H,2-3,6,8H2,1H3,(H,23,26). The molecule has 3 aromatic rings. The smallest absolute Gasteiger partial charge is 0.271 e. The molecular formula is C18H19ClN6O. The molecule has 0 aliphatic carbocycles. The minimum Gasteiger partial charge on any atom is -0.354 e. The van der Waals surface area contributed by atoms with Crippen LogP contribution in [0, 0.1) is 0 Å². The van der Waals surface area contributed by atoms with Crippen LogP contribution >= 0.6 is 11.6 Å². The van der Waals surface area contributed by atoms with Crippen molar-refractivity contribution < 1.29 is 4.79 Å². The molecule has 1 aliphatic heterocycles. The average molecular weight is 371 g/mol. The summed E-state index contributed by atoms with van der Waals surface area (Å²) >= 11 is 6.16. The molecule has 1 fully saturated rings. The molecule has 7 nitrogen and oxygen atoms in total. The fraction of sp³-hybridized carbons (Fsp3) is 0.333. The number of aromatic nitrogens is 4. The van der Waals surface area contributed by atoms with E-state index in [4.69, 9.17) is 11.6 Å². The number of anilines is 1. The van der Waals surface area contributed by atoms with Crippen LogP contribution in [0.25, 0.3) is 10.9 Å². The van der Waals surface area contributed by atoms with Gasteiger partial charge in [0, 0.05) is 42.8 Å². The van der Waals surface area contributed by atoms with Gasteiger partial charge in [0.25, 0.3) is 5.91 Å². The Morgan fingerprint density at radius 3 is 3.00 bits per heavy atom. The van der Waals surface area contributed by atoms with E-state index in [2.05, 4.69) is 25.2 Å². The minimum absolute atomic E-state index is 0.0439. The number of halogens is 1. The van der Waals surface area contributed by atoms with Crippen LogP contribution in [0.1, 0.15) is 23.3 Å². The lowest BCUT2D eigenvalue weighted by atomic mass is 10.0. The maximum Gasteiger partial charge on any atom is 0.271 e. The molecule has 1 amide bonds. The molecule has 4 rings (SSSR count). The van der Waals surface area contributed by atoms with Crippen LogP contribution < -0.4 is 10.2 Å². The van der Waals surface area contributed by atoms with Crippen molar-refractivity contribution >= 4 is 34.2 Å². The van der Waals surface area contributed by atoms with E-state index in [-0.39, 0.29) is 11.9 Å². The van der Waals surface area contributed by atoms with Crippen LogP contribution in [0.4, 0.5) is 5.82 Å². The van der Waals surface area contributed by atoms with Crippen LogP contribution in [0.15, 0.2) is 37.1 Å². The van der Waals surface area contributed by atoms with Gasteiger partial charge in [0.1, 0.15) is 17.8 Å². The van der Waals surface area contributed by atoms with E-state index in [1.165, 1.54) is 0 Å². The lowest BCUT2D eigenvalue weighted by molar-refractivity contribution is 0.0928. The Balaban J connectivity index is 1.54. The molecule has 2 aromatic heterocycles. The van der Waals surface area contributed by atoms with Crippen molar-refractivity contribution in [1.82, 2.24) is 24.8 Å². The van der Waals surface area contributed by atoms with Gasteiger partial charge in [-0.1, -0.05) is 11.6 Å². The van der Waals surface area contributed by atoms with Crippen LogP contribution in [0.3, 0.4) is 0 Å². The number of carbonyl (C=O) groups is 1. The first-order chi connectivity index (χ1) is 12.6. The molecule has 1 aliphatic rings. The number of carbonyl (C=O) groups excluding carboxylic acids is 1. The van der Waals surface area contributed by atoms with Crippen molar-refractivity contribution in [2.24, 2.45) is 7.05 Å². The second kappa shape index (κ2) is 6.92. The Morgan fingerprint density at radius 1 is 1.31 bits per heavy atom. The summed E-state index contributed by atoms with van der Waals surface area (Å²) in [5, 5.41) is 4.67. The first-order valence-electron chi connectivity index (χ1n) is 8.54. The number of nitrogens with one attached hydrogen (secondary N) is 1. The fourth-order valence-corrected chi connectivity index (χ4v) is 3.52. The fourth-order valence-electron chi connectivity index (χ4n) is 3.34. The zero-order chi connectivity index (χ0) is 18.1. The van der Waals surface area contributed by atoms with Gasteiger partial charge >= 0.3 is 0 Å². The van der Waals surface area contributed by atoms with Gasteiger partial charge in [0.05, 0.1) is 11.8 Å². The monoisotopic (exact) mass is 370 g/mol.